The molecule has 1 heterocycles. The van der Waals surface area contributed by atoms with Gasteiger partial charge in [0.1, 0.15) is 0 Å². The van der Waals surface area contributed by atoms with E-state index >= 15 is 0 Å². The Kier molecular flexibility index (Phi) is 4.73. The molecular formula is C18H22FNO4. The summed E-state index contributed by atoms with van der Waals surface area (Å²) < 4.78 is 18.6. The number of amides is 1. The van der Waals surface area contributed by atoms with E-state index in [1.54, 1.807) is 17.0 Å². The number of aryl methyl sites for hydroxylation is 1. The van der Waals surface area contributed by atoms with E-state index in [1.807, 2.05) is 0 Å². The molecule has 1 saturated heterocycles. The second-order valence-corrected chi connectivity index (χ2v) is 6.71. The first-order valence-electron chi connectivity index (χ1n) is 8.32. The lowest BCUT2D eigenvalue weighted by atomic mass is 9.92. The minimum atomic E-state index is -0.806. The number of methoxy groups -OCH3 is 1. The average molecular weight is 335 g/mol. The van der Waals surface area contributed by atoms with E-state index in [-0.39, 0.29) is 24.0 Å². The molecule has 0 bridgehead atoms. The van der Waals surface area contributed by atoms with Crippen molar-refractivity contribution in [2.24, 2.45) is 17.8 Å². The highest BCUT2D eigenvalue weighted by molar-refractivity contribution is 5.79. The Bertz CT molecular complexity index is 644. The number of ether oxygens (including phenoxy) is 1. The third kappa shape index (κ3) is 3.52. The molecule has 2 fully saturated rings. The van der Waals surface area contributed by atoms with Crippen LogP contribution in [0.3, 0.4) is 0 Å². The summed E-state index contributed by atoms with van der Waals surface area (Å²) in [5, 5.41) is 9.36. The first kappa shape index (κ1) is 16.7. The summed E-state index contributed by atoms with van der Waals surface area (Å²) >= 11 is 0. The lowest BCUT2D eigenvalue weighted by Crippen LogP contribution is -2.30. The Balaban J connectivity index is 1.57. The van der Waals surface area contributed by atoms with Gasteiger partial charge in [0.2, 0.25) is 5.91 Å². The van der Waals surface area contributed by atoms with Gasteiger partial charge in [0.05, 0.1) is 13.0 Å². The Morgan fingerprint density at radius 2 is 2.08 bits per heavy atom. The zero-order valence-corrected chi connectivity index (χ0v) is 13.7. The van der Waals surface area contributed by atoms with Gasteiger partial charge in [-0.2, -0.15) is 0 Å². The summed E-state index contributed by atoms with van der Waals surface area (Å²) in [6.45, 7) is 0.837. The topological polar surface area (TPSA) is 66.8 Å². The third-order valence-corrected chi connectivity index (χ3v) is 5.11. The van der Waals surface area contributed by atoms with Crippen molar-refractivity contribution in [3.05, 3.63) is 29.6 Å². The number of carboxylic acid groups (broad SMARTS) is 1. The maximum Gasteiger partial charge on any atom is 0.308 e. The van der Waals surface area contributed by atoms with Gasteiger partial charge in [-0.25, -0.2) is 4.39 Å². The molecule has 1 aromatic rings. The van der Waals surface area contributed by atoms with Crippen LogP contribution in [0.15, 0.2) is 18.2 Å². The molecule has 0 unspecified atom stereocenters. The summed E-state index contributed by atoms with van der Waals surface area (Å²) in [6.07, 6.45) is 2.83. The number of nitrogens with zero attached hydrogens (tertiary/aromatic N) is 1. The second kappa shape index (κ2) is 6.79. The van der Waals surface area contributed by atoms with Crippen LogP contribution in [0.5, 0.6) is 5.75 Å². The van der Waals surface area contributed by atoms with E-state index < -0.39 is 17.7 Å². The summed E-state index contributed by atoms with van der Waals surface area (Å²) in [7, 11) is 1.41. The molecule has 6 heteroatoms. The third-order valence-electron chi connectivity index (χ3n) is 5.11. The van der Waals surface area contributed by atoms with Crippen LogP contribution in [0.1, 0.15) is 24.8 Å². The van der Waals surface area contributed by atoms with E-state index in [2.05, 4.69) is 0 Å². The number of aliphatic carboxylic acids is 1. The highest BCUT2D eigenvalue weighted by Gasteiger charge is 2.46. The molecule has 2 atom stereocenters. The van der Waals surface area contributed by atoms with E-state index in [0.29, 0.717) is 25.4 Å². The van der Waals surface area contributed by atoms with Gasteiger partial charge in [-0.15, -0.1) is 0 Å². The van der Waals surface area contributed by atoms with Gasteiger partial charge in [-0.1, -0.05) is 6.07 Å². The lowest BCUT2D eigenvalue weighted by Gasteiger charge is -2.16. The van der Waals surface area contributed by atoms with Crippen LogP contribution in [0.25, 0.3) is 0 Å². The van der Waals surface area contributed by atoms with Crippen molar-refractivity contribution < 1.29 is 23.8 Å². The molecule has 0 aromatic heterocycles. The zero-order valence-electron chi connectivity index (χ0n) is 13.7. The van der Waals surface area contributed by atoms with Gasteiger partial charge >= 0.3 is 5.97 Å². The zero-order chi connectivity index (χ0) is 17.3. The molecule has 24 heavy (non-hydrogen) atoms. The molecule has 130 valence electrons. The van der Waals surface area contributed by atoms with Crippen molar-refractivity contribution in [1.82, 2.24) is 4.90 Å². The molecule has 1 aromatic carbocycles. The van der Waals surface area contributed by atoms with Crippen LogP contribution in [0.4, 0.5) is 4.39 Å². The fourth-order valence-corrected chi connectivity index (χ4v) is 3.57. The van der Waals surface area contributed by atoms with E-state index in [0.717, 1.165) is 18.4 Å². The fourth-order valence-electron chi connectivity index (χ4n) is 3.57. The van der Waals surface area contributed by atoms with Crippen LogP contribution >= 0.6 is 0 Å². The Morgan fingerprint density at radius 1 is 1.33 bits per heavy atom. The summed E-state index contributed by atoms with van der Waals surface area (Å²) in [4.78, 5) is 25.5. The van der Waals surface area contributed by atoms with Gasteiger partial charge in [0.25, 0.3) is 0 Å². The van der Waals surface area contributed by atoms with Crippen molar-refractivity contribution in [1.29, 1.82) is 0 Å². The standard InChI is InChI=1S/C18H22FNO4/c1-24-16-6-2-11(8-15(16)19)3-7-17(21)20-9-13(12-4-5-12)14(10-20)18(22)23/h2,6,8,12-14H,3-5,7,9-10H2,1H3,(H,22,23)/t13-,14+/m1/s1. The largest absolute Gasteiger partial charge is 0.494 e. The molecule has 1 amide bonds. The monoisotopic (exact) mass is 335 g/mol. The van der Waals surface area contributed by atoms with Crippen molar-refractivity contribution in [2.75, 3.05) is 20.2 Å². The normalized spacial score (nSPS) is 23.3. The average Bonchev–Trinajstić information content (AvgIpc) is 3.30. The highest BCUT2D eigenvalue weighted by atomic mass is 19.1. The molecular weight excluding hydrogens is 313 g/mol. The van der Waals surface area contributed by atoms with Gasteiger partial charge in [-0.3, -0.25) is 9.59 Å². The first-order chi connectivity index (χ1) is 11.5. The predicted octanol–water partition coefficient (Wildman–Crippen LogP) is 2.34. The Hall–Kier alpha value is -2.11. The van der Waals surface area contributed by atoms with E-state index in [4.69, 9.17) is 4.74 Å². The van der Waals surface area contributed by atoms with Gasteiger partial charge in [0.15, 0.2) is 11.6 Å². The highest BCUT2D eigenvalue weighted by Crippen LogP contribution is 2.44. The minimum Gasteiger partial charge on any atom is -0.494 e. The van der Waals surface area contributed by atoms with Gasteiger partial charge in [-0.05, 0) is 48.8 Å². The smallest absolute Gasteiger partial charge is 0.308 e. The van der Waals surface area contributed by atoms with Crippen molar-refractivity contribution in [3.8, 4) is 5.75 Å². The minimum absolute atomic E-state index is 0.0550. The molecule has 2 aliphatic rings. The Morgan fingerprint density at radius 3 is 2.67 bits per heavy atom. The number of hydrogen-bond acceptors (Lipinski definition) is 3. The Labute approximate surface area is 140 Å². The van der Waals surface area contributed by atoms with E-state index in [9.17, 15) is 19.1 Å². The molecule has 1 aliphatic heterocycles. The quantitative estimate of drug-likeness (QED) is 0.866. The van der Waals surface area contributed by atoms with E-state index in [1.165, 1.54) is 13.2 Å². The summed E-state index contributed by atoms with van der Waals surface area (Å²) in [6, 6.07) is 4.67. The van der Waals surface area contributed by atoms with Gasteiger partial charge < -0.3 is 14.7 Å². The maximum absolute atomic E-state index is 13.7. The molecule has 1 saturated carbocycles. The summed E-state index contributed by atoms with van der Waals surface area (Å²) in [5.74, 6) is -1.02. The van der Waals surface area contributed by atoms with Crippen LogP contribution in [-0.4, -0.2) is 42.1 Å². The number of hydrogen-bond donors (Lipinski definition) is 1. The SMILES string of the molecule is COc1ccc(CCC(=O)N2C[C@H](C(=O)O)[C@@H](C3CC3)C2)cc1F. The number of rotatable bonds is 6. The molecule has 3 rings (SSSR count). The summed E-state index contributed by atoms with van der Waals surface area (Å²) in [5.41, 5.74) is 0.731. The van der Waals surface area contributed by atoms with Gasteiger partial charge in [0, 0.05) is 19.5 Å². The number of carboxylic acids is 1. The number of carbonyl (C=O) groups excluding carboxylic acids is 1. The first-order valence-corrected chi connectivity index (χ1v) is 8.32. The number of benzene rings is 1. The fraction of sp³-hybridized carbons (Fsp3) is 0.556. The number of halogens is 1. The molecule has 1 aliphatic carbocycles. The second-order valence-electron chi connectivity index (χ2n) is 6.71. The van der Waals surface area contributed by atoms with Crippen LogP contribution < -0.4 is 4.74 Å². The van der Waals surface area contributed by atoms with Crippen molar-refractivity contribution in [2.45, 2.75) is 25.7 Å². The molecule has 0 radical (unpaired) electrons. The number of likely N-dealkylation sites (tertiary alicyclic amines) is 1. The maximum atomic E-state index is 13.7. The predicted molar refractivity (Wildman–Crippen MR) is 85.2 cm³/mol. The molecule has 1 N–H and O–H groups in total. The van der Waals surface area contributed by atoms with Crippen molar-refractivity contribution in [3.63, 3.8) is 0 Å². The lowest BCUT2D eigenvalue weighted by molar-refractivity contribution is -0.142. The molecule has 5 nitrogen and oxygen atoms in total. The van der Waals surface area contributed by atoms with Crippen molar-refractivity contribution >= 4 is 11.9 Å². The van der Waals surface area contributed by atoms with Crippen LogP contribution in [0, 0.1) is 23.6 Å². The molecule has 0 spiro atoms. The van der Waals surface area contributed by atoms with Crippen LogP contribution in [-0.2, 0) is 16.0 Å². The van der Waals surface area contributed by atoms with Crippen LogP contribution in [0.2, 0.25) is 0 Å². The number of carbonyl (C=O) groups is 2.